The van der Waals surface area contributed by atoms with E-state index < -0.39 is 34.9 Å². The molecule has 0 aliphatic heterocycles. The molecule has 1 aromatic carbocycles. The van der Waals surface area contributed by atoms with Crippen molar-refractivity contribution in [1.29, 1.82) is 0 Å². The number of rotatable bonds is 4. The Morgan fingerprint density at radius 3 is 2.65 bits per heavy atom. The molecule has 0 spiro atoms. The van der Waals surface area contributed by atoms with Gasteiger partial charge < -0.3 is 10.8 Å². The molecule has 8 heteroatoms. The Morgan fingerprint density at radius 2 is 2.15 bits per heavy atom. The smallest absolute Gasteiger partial charge is 0.243 e. The summed E-state index contributed by atoms with van der Waals surface area (Å²) in [6, 6.07) is 3.15. The van der Waals surface area contributed by atoms with E-state index in [1.165, 1.54) is 6.07 Å². The number of benzene rings is 1. The van der Waals surface area contributed by atoms with Crippen molar-refractivity contribution in [2.24, 2.45) is 5.73 Å². The third kappa shape index (κ3) is 3.77. The van der Waals surface area contributed by atoms with E-state index in [9.17, 15) is 17.6 Å². The van der Waals surface area contributed by atoms with Crippen LogP contribution in [0.1, 0.15) is 5.56 Å². The van der Waals surface area contributed by atoms with Crippen LogP contribution in [-0.2, 0) is 14.8 Å². The molecule has 3 N–H and O–H groups in total. The zero-order valence-electron chi connectivity index (χ0n) is 10.6. The van der Waals surface area contributed by atoms with Gasteiger partial charge in [-0.25, -0.2) is 12.8 Å². The van der Waals surface area contributed by atoms with Gasteiger partial charge in [0.25, 0.3) is 0 Å². The van der Waals surface area contributed by atoms with E-state index in [4.69, 9.17) is 10.8 Å². The molecule has 0 saturated heterocycles. The molecule has 0 fully saturated rings. The highest BCUT2D eigenvalue weighted by Crippen LogP contribution is 2.17. The van der Waals surface area contributed by atoms with Gasteiger partial charge >= 0.3 is 0 Å². The lowest BCUT2D eigenvalue weighted by Crippen LogP contribution is -2.35. The van der Waals surface area contributed by atoms with Gasteiger partial charge in [0.15, 0.2) is 0 Å². The maximum absolute atomic E-state index is 13.7. The second-order valence-electron chi connectivity index (χ2n) is 3.83. The lowest BCUT2D eigenvalue weighted by molar-refractivity contribution is -0.118. The molecule has 0 aliphatic rings. The molecular formula is C12H13FN2O4S. The van der Waals surface area contributed by atoms with Crippen LogP contribution in [0.15, 0.2) is 23.1 Å². The Balaban J connectivity index is 3.15. The summed E-state index contributed by atoms with van der Waals surface area (Å²) in [7, 11) is -2.83. The van der Waals surface area contributed by atoms with Gasteiger partial charge in [-0.15, -0.1) is 0 Å². The van der Waals surface area contributed by atoms with Crippen LogP contribution in [0.25, 0.3) is 0 Å². The highest BCUT2D eigenvalue weighted by Gasteiger charge is 2.23. The van der Waals surface area contributed by atoms with Crippen molar-refractivity contribution < 1.29 is 22.7 Å². The fourth-order valence-corrected chi connectivity index (χ4v) is 2.53. The summed E-state index contributed by atoms with van der Waals surface area (Å²) in [6.07, 6.45) is 0. The van der Waals surface area contributed by atoms with Crippen molar-refractivity contribution in [3.05, 3.63) is 29.6 Å². The number of aliphatic hydroxyl groups is 1. The molecule has 6 nitrogen and oxygen atoms in total. The summed E-state index contributed by atoms with van der Waals surface area (Å²) >= 11 is 0. The monoisotopic (exact) mass is 300 g/mol. The Labute approximate surface area is 116 Å². The van der Waals surface area contributed by atoms with Crippen LogP contribution in [0.3, 0.4) is 0 Å². The third-order valence-electron chi connectivity index (χ3n) is 2.33. The number of hydrogen-bond donors (Lipinski definition) is 2. The number of nitrogens with zero attached hydrogens (tertiary/aromatic N) is 1. The van der Waals surface area contributed by atoms with Gasteiger partial charge in [-0.3, -0.25) is 4.79 Å². The molecule has 0 bridgehead atoms. The van der Waals surface area contributed by atoms with Gasteiger partial charge in [0.2, 0.25) is 15.9 Å². The number of aliphatic hydroxyl groups excluding tert-OH is 1. The Hall–Kier alpha value is -1.95. The summed E-state index contributed by atoms with van der Waals surface area (Å²) < 4.78 is 38.4. The number of primary amides is 1. The minimum atomic E-state index is -4.00. The van der Waals surface area contributed by atoms with Crippen LogP contribution in [0.5, 0.6) is 0 Å². The number of carbonyl (C=O) groups excluding carboxylic acids is 1. The van der Waals surface area contributed by atoms with Gasteiger partial charge in [0.05, 0.1) is 17.0 Å². The number of hydrogen-bond acceptors (Lipinski definition) is 4. The highest BCUT2D eigenvalue weighted by molar-refractivity contribution is 7.89. The minimum Gasteiger partial charge on any atom is -0.384 e. The maximum atomic E-state index is 13.7. The lowest BCUT2D eigenvalue weighted by Gasteiger charge is -2.15. The molecule has 0 aromatic heterocycles. The topological polar surface area (TPSA) is 101 Å². The molecule has 0 aliphatic carbocycles. The molecular weight excluding hydrogens is 287 g/mol. The Morgan fingerprint density at radius 1 is 1.50 bits per heavy atom. The van der Waals surface area contributed by atoms with Crippen molar-refractivity contribution >= 4 is 15.9 Å². The highest BCUT2D eigenvalue weighted by atomic mass is 32.2. The largest absolute Gasteiger partial charge is 0.384 e. The summed E-state index contributed by atoms with van der Waals surface area (Å²) in [5.74, 6) is 2.95. The summed E-state index contributed by atoms with van der Waals surface area (Å²) in [6.45, 7) is -0.934. The average molecular weight is 300 g/mol. The quantitative estimate of drug-likeness (QED) is 0.716. The SMILES string of the molecule is CN(CC(N)=O)S(=O)(=O)c1ccc(C#CCO)c(F)c1. The number of halogens is 1. The van der Waals surface area contributed by atoms with Crippen molar-refractivity contribution in [1.82, 2.24) is 4.31 Å². The summed E-state index contributed by atoms with van der Waals surface area (Å²) in [5.41, 5.74) is 4.88. The molecule has 0 saturated carbocycles. The van der Waals surface area contributed by atoms with Gasteiger partial charge in [0, 0.05) is 7.05 Å². The van der Waals surface area contributed by atoms with Crippen LogP contribution in [0.2, 0.25) is 0 Å². The van der Waals surface area contributed by atoms with Crippen LogP contribution in [-0.4, -0.2) is 43.9 Å². The summed E-state index contributed by atoms with van der Waals surface area (Å²) in [4.78, 5) is 10.4. The molecule has 1 amide bonds. The number of likely N-dealkylation sites (N-methyl/N-ethyl adjacent to an activating group) is 1. The number of sulfonamides is 1. The Kier molecular flexibility index (Phi) is 5.21. The van der Waals surface area contributed by atoms with Crippen LogP contribution < -0.4 is 5.73 Å². The first-order valence-electron chi connectivity index (χ1n) is 5.43. The second kappa shape index (κ2) is 6.47. The first kappa shape index (κ1) is 16.1. The molecule has 20 heavy (non-hydrogen) atoms. The van der Waals surface area contributed by atoms with E-state index >= 15 is 0 Å². The van der Waals surface area contributed by atoms with E-state index in [0.717, 1.165) is 23.5 Å². The van der Waals surface area contributed by atoms with Crippen LogP contribution in [0, 0.1) is 17.7 Å². The van der Waals surface area contributed by atoms with E-state index in [1.54, 1.807) is 0 Å². The number of amides is 1. The van der Waals surface area contributed by atoms with Gasteiger partial charge in [-0.2, -0.15) is 4.31 Å². The summed E-state index contributed by atoms with van der Waals surface area (Å²) in [5, 5.41) is 8.52. The van der Waals surface area contributed by atoms with Gasteiger partial charge in [-0.05, 0) is 18.2 Å². The number of nitrogens with two attached hydrogens (primary N) is 1. The lowest BCUT2D eigenvalue weighted by atomic mass is 10.2. The van der Waals surface area contributed by atoms with E-state index in [1.807, 2.05) is 0 Å². The standard InChI is InChI=1S/C12H13FN2O4S/c1-15(8-12(14)17)20(18,19)10-5-4-9(3-2-6-16)11(13)7-10/h4-5,7,16H,6,8H2,1H3,(H2,14,17). The van der Waals surface area contributed by atoms with Crippen molar-refractivity contribution in [2.45, 2.75) is 4.90 Å². The average Bonchev–Trinajstić information content (AvgIpc) is 2.36. The number of carbonyl (C=O) groups is 1. The van der Waals surface area contributed by atoms with Gasteiger partial charge in [0.1, 0.15) is 12.4 Å². The Bertz CT molecular complexity index is 676. The van der Waals surface area contributed by atoms with E-state index in [-0.39, 0.29) is 10.5 Å². The fraction of sp³-hybridized carbons (Fsp3) is 0.250. The molecule has 0 unspecified atom stereocenters. The first-order chi connectivity index (χ1) is 9.28. The van der Waals surface area contributed by atoms with Crippen molar-refractivity contribution in [2.75, 3.05) is 20.2 Å². The fourth-order valence-electron chi connectivity index (χ4n) is 1.38. The van der Waals surface area contributed by atoms with E-state index in [2.05, 4.69) is 11.8 Å². The molecule has 1 rings (SSSR count). The van der Waals surface area contributed by atoms with Crippen LogP contribution >= 0.6 is 0 Å². The maximum Gasteiger partial charge on any atom is 0.243 e. The van der Waals surface area contributed by atoms with Crippen LogP contribution in [0.4, 0.5) is 4.39 Å². The normalized spacial score (nSPS) is 11.0. The second-order valence-corrected chi connectivity index (χ2v) is 5.87. The van der Waals surface area contributed by atoms with Crippen molar-refractivity contribution in [3.63, 3.8) is 0 Å². The molecule has 0 atom stereocenters. The first-order valence-corrected chi connectivity index (χ1v) is 6.87. The predicted octanol–water partition coefficient (Wildman–Crippen LogP) is -0.725. The molecule has 108 valence electrons. The van der Waals surface area contributed by atoms with Crippen molar-refractivity contribution in [3.8, 4) is 11.8 Å². The molecule has 0 radical (unpaired) electrons. The zero-order chi connectivity index (χ0) is 15.3. The van der Waals surface area contributed by atoms with Gasteiger partial charge in [-0.1, -0.05) is 11.8 Å². The minimum absolute atomic E-state index is 0.0319. The third-order valence-corrected chi connectivity index (χ3v) is 4.13. The molecule has 1 aromatic rings. The zero-order valence-corrected chi connectivity index (χ0v) is 11.4. The molecule has 0 heterocycles. The predicted molar refractivity (Wildman–Crippen MR) is 69.4 cm³/mol. The van der Waals surface area contributed by atoms with E-state index in [0.29, 0.717) is 0 Å².